The molecule has 1 saturated heterocycles. The van der Waals surface area contributed by atoms with Crippen molar-refractivity contribution in [2.24, 2.45) is 0 Å². The number of amides is 1. The van der Waals surface area contributed by atoms with E-state index in [4.69, 9.17) is 4.74 Å². The van der Waals surface area contributed by atoms with Crippen molar-refractivity contribution in [3.05, 3.63) is 29.3 Å². The predicted octanol–water partition coefficient (Wildman–Crippen LogP) is 2.35. The highest BCUT2D eigenvalue weighted by molar-refractivity contribution is 7.92. The van der Waals surface area contributed by atoms with E-state index >= 15 is 0 Å². The van der Waals surface area contributed by atoms with E-state index in [0.29, 0.717) is 30.8 Å². The Morgan fingerprint density at radius 1 is 1.11 bits per heavy atom. The molecule has 1 amide bonds. The molecule has 2 aliphatic heterocycles. The lowest BCUT2D eigenvalue weighted by Gasteiger charge is -2.24. The van der Waals surface area contributed by atoms with Gasteiger partial charge in [0.2, 0.25) is 10.0 Å². The number of hydrogen-bond donors (Lipinski definition) is 0. The molecule has 8 heteroatoms. The lowest BCUT2D eigenvalue weighted by molar-refractivity contribution is -0.134. The first-order valence-electron chi connectivity index (χ1n) is 9.84. The molecule has 0 aliphatic carbocycles. The maximum absolute atomic E-state index is 12.4. The van der Waals surface area contributed by atoms with E-state index in [0.717, 1.165) is 31.2 Å². The molecule has 28 heavy (non-hydrogen) atoms. The molecule has 1 aromatic carbocycles. The summed E-state index contributed by atoms with van der Waals surface area (Å²) in [6.07, 6.45) is 7.15. The fourth-order valence-corrected chi connectivity index (χ4v) is 5.30. The number of hydrogen-bond acceptors (Lipinski definition) is 5. The van der Waals surface area contributed by atoms with Crippen LogP contribution >= 0.6 is 0 Å². The first-order valence-corrected chi connectivity index (χ1v) is 11.7. The number of likely N-dealkylation sites (tertiary alicyclic amines) is 1. The van der Waals surface area contributed by atoms with E-state index < -0.39 is 16.0 Å². The van der Waals surface area contributed by atoms with Crippen LogP contribution in [0.4, 0.5) is 5.69 Å². The number of ether oxygens (including phenoxy) is 1. The number of rotatable bonds is 4. The van der Waals surface area contributed by atoms with Gasteiger partial charge in [-0.3, -0.25) is 9.10 Å². The summed E-state index contributed by atoms with van der Waals surface area (Å²) in [5.74, 6) is -0.720. The first-order chi connectivity index (χ1) is 13.3. The van der Waals surface area contributed by atoms with Crippen LogP contribution in [-0.4, -0.2) is 57.2 Å². The summed E-state index contributed by atoms with van der Waals surface area (Å²) in [5, 5.41) is 0. The SMILES string of the molecule is C[C@@H]1Cc2cc(C(=O)OCC(=O)N3CCCCCCC3)ccc2N1S(C)(=O)=O. The second-order valence-electron chi connectivity index (χ2n) is 7.68. The highest BCUT2D eigenvalue weighted by atomic mass is 32.2. The molecule has 0 radical (unpaired) electrons. The van der Waals surface area contributed by atoms with Crippen molar-refractivity contribution in [2.75, 3.05) is 30.3 Å². The molecule has 1 atom stereocenters. The van der Waals surface area contributed by atoms with Crippen LogP contribution in [0.25, 0.3) is 0 Å². The number of nitrogens with zero attached hydrogens (tertiary/aromatic N) is 2. The largest absolute Gasteiger partial charge is 0.452 e. The Hall–Kier alpha value is -2.09. The number of sulfonamides is 1. The molecule has 154 valence electrons. The Labute approximate surface area is 166 Å². The van der Waals surface area contributed by atoms with Gasteiger partial charge < -0.3 is 9.64 Å². The molecule has 3 rings (SSSR count). The Balaban J connectivity index is 1.63. The van der Waals surface area contributed by atoms with Gasteiger partial charge in [0.25, 0.3) is 5.91 Å². The van der Waals surface area contributed by atoms with Gasteiger partial charge in [-0.25, -0.2) is 13.2 Å². The monoisotopic (exact) mass is 408 g/mol. The molecule has 0 unspecified atom stereocenters. The van der Waals surface area contributed by atoms with Crippen molar-refractivity contribution in [1.82, 2.24) is 4.90 Å². The third-order valence-electron chi connectivity index (χ3n) is 5.36. The van der Waals surface area contributed by atoms with Gasteiger partial charge in [0, 0.05) is 19.1 Å². The zero-order valence-corrected chi connectivity index (χ0v) is 17.3. The van der Waals surface area contributed by atoms with Crippen LogP contribution in [-0.2, 0) is 26.0 Å². The summed E-state index contributed by atoms with van der Waals surface area (Å²) in [7, 11) is -3.37. The minimum absolute atomic E-state index is 0.159. The summed E-state index contributed by atoms with van der Waals surface area (Å²) in [4.78, 5) is 26.5. The molecular formula is C20H28N2O5S. The fourth-order valence-electron chi connectivity index (χ4n) is 4.03. The maximum atomic E-state index is 12.4. The highest BCUT2D eigenvalue weighted by Crippen LogP contribution is 2.34. The van der Waals surface area contributed by atoms with E-state index in [1.165, 1.54) is 17.0 Å². The second kappa shape index (κ2) is 8.51. The molecule has 7 nitrogen and oxygen atoms in total. The fraction of sp³-hybridized carbons (Fsp3) is 0.600. The first kappa shape index (κ1) is 20.6. The van der Waals surface area contributed by atoms with Crippen molar-refractivity contribution in [2.45, 2.75) is 51.5 Å². The van der Waals surface area contributed by atoms with Gasteiger partial charge >= 0.3 is 5.97 Å². The normalized spacial score (nSPS) is 20.3. The summed E-state index contributed by atoms with van der Waals surface area (Å²) in [5.41, 5.74) is 1.73. The van der Waals surface area contributed by atoms with Crippen LogP contribution < -0.4 is 4.31 Å². The third kappa shape index (κ3) is 4.66. The number of benzene rings is 1. The van der Waals surface area contributed by atoms with E-state index in [2.05, 4.69) is 0 Å². The quantitative estimate of drug-likeness (QED) is 0.714. The van der Waals surface area contributed by atoms with Gasteiger partial charge in [0.1, 0.15) is 0 Å². The molecule has 0 aromatic heterocycles. The van der Waals surface area contributed by atoms with Crippen molar-refractivity contribution >= 4 is 27.6 Å². The number of carbonyl (C=O) groups excluding carboxylic acids is 2. The number of carbonyl (C=O) groups is 2. The summed E-state index contributed by atoms with van der Waals surface area (Å²) in [6, 6.07) is 4.67. The maximum Gasteiger partial charge on any atom is 0.338 e. The average Bonchev–Trinajstić information content (AvgIpc) is 2.94. The zero-order valence-electron chi connectivity index (χ0n) is 16.5. The van der Waals surface area contributed by atoms with E-state index in [1.54, 1.807) is 23.1 Å². The van der Waals surface area contributed by atoms with Crippen molar-refractivity contribution in [1.29, 1.82) is 0 Å². The lowest BCUT2D eigenvalue weighted by Crippen LogP contribution is -2.36. The van der Waals surface area contributed by atoms with Gasteiger partial charge in [0.15, 0.2) is 6.61 Å². The van der Waals surface area contributed by atoms with Crippen molar-refractivity contribution in [3.63, 3.8) is 0 Å². The number of esters is 1. The van der Waals surface area contributed by atoms with E-state index in [-0.39, 0.29) is 18.6 Å². The Morgan fingerprint density at radius 3 is 2.39 bits per heavy atom. The van der Waals surface area contributed by atoms with Crippen LogP contribution in [0, 0.1) is 0 Å². The van der Waals surface area contributed by atoms with Crippen LogP contribution in [0.3, 0.4) is 0 Å². The predicted molar refractivity (Wildman–Crippen MR) is 107 cm³/mol. The highest BCUT2D eigenvalue weighted by Gasteiger charge is 2.33. The zero-order chi connectivity index (χ0) is 20.3. The smallest absolute Gasteiger partial charge is 0.338 e. The summed E-state index contributed by atoms with van der Waals surface area (Å²) < 4.78 is 30.6. The van der Waals surface area contributed by atoms with Gasteiger partial charge in [-0.05, 0) is 49.9 Å². The number of anilines is 1. The second-order valence-corrected chi connectivity index (χ2v) is 9.54. The molecule has 2 aliphatic rings. The molecule has 1 aromatic rings. The van der Waals surface area contributed by atoms with Crippen molar-refractivity contribution < 1.29 is 22.7 Å². The third-order valence-corrected chi connectivity index (χ3v) is 6.63. The van der Waals surface area contributed by atoms with Crippen LogP contribution in [0.1, 0.15) is 54.9 Å². The van der Waals surface area contributed by atoms with Gasteiger partial charge in [-0.1, -0.05) is 19.3 Å². The minimum atomic E-state index is -3.37. The van der Waals surface area contributed by atoms with E-state index in [1.807, 2.05) is 6.92 Å². The van der Waals surface area contributed by atoms with Crippen LogP contribution in [0.5, 0.6) is 0 Å². The molecule has 1 fully saturated rings. The average molecular weight is 409 g/mol. The Kier molecular flexibility index (Phi) is 6.27. The summed E-state index contributed by atoms with van der Waals surface area (Å²) in [6.45, 7) is 3.01. The van der Waals surface area contributed by atoms with Gasteiger partial charge in [-0.2, -0.15) is 0 Å². The lowest BCUT2D eigenvalue weighted by atomic mass is 10.1. The molecule has 2 heterocycles. The molecule has 0 bridgehead atoms. The minimum Gasteiger partial charge on any atom is -0.452 e. The van der Waals surface area contributed by atoms with E-state index in [9.17, 15) is 18.0 Å². The van der Waals surface area contributed by atoms with Gasteiger partial charge in [0.05, 0.1) is 17.5 Å². The van der Waals surface area contributed by atoms with Crippen LogP contribution in [0.15, 0.2) is 18.2 Å². The Morgan fingerprint density at radius 2 is 1.75 bits per heavy atom. The number of fused-ring (bicyclic) bond motifs is 1. The summed E-state index contributed by atoms with van der Waals surface area (Å²) >= 11 is 0. The molecule has 0 saturated carbocycles. The molecule has 0 N–H and O–H groups in total. The van der Waals surface area contributed by atoms with Crippen LogP contribution in [0.2, 0.25) is 0 Å². The van der Waals surface area contributed by atoms with Crippen molar-refractivity contribution in [3.8, 4) is 0 Å². The molecule has 0 spiro atoms. The molecular weight excluding hydrogens is 380 g/mol. The standard InChI is InChI=1S/C20H28N2O5S/c1-15-12-17-13-16(8-9-18(17)22(15)28(2,25)26)20(24)27-14-19(23)21-10-6-4-3-5-7-11-21/h8-9,13,15H,3-7,10-12,14H2,1-2H3/t15-/m1/s1. The Bertz CT molecular complexity index is 844. The van der Waals surface area contributed by atoms with Gasteiger partial charge in [-0.15, -0.1) is 0 Å². The topological polar surface area (TPSA) is 84.0 Å².